The minimum Gasteiger partial charge on any atom is -0.469 e. The van der Waals surface area contributed by atoms with Crippen LogP contribution in [0.2, 0.25) is 0 Å². The molecule has 160 valence electrons. The third kappa shape index (κ3) is 4.13. The van der Waals surface area contributed by atoms with E-state index in [1.165, 1.54) is 16.2 Å². The Hall–Kier alpha value is -3.17. The maximum Gasteiger partial charge on any atom is 0.258 e. The summed E-state index contributed by atoms with van der Waals surface area (Å²) < 4.78 is 9.91. The lowest BCUT2D eigenvalue weighted by atomic mass is 10.2. The first-order chi connectivity index (χ1) is 15.6. The van der Waals surface area contributed by atoms with E-state index in [9.17, 15) is 4.79 Å². The Balaban J connectivity index is 1.48. The summed E-state index contributed by atoms with van der Waals surface area (Å²) in [5, 5.41) is 9.64. The van der Waals surface area contributed by atoms with Crippen LogP contribution in [0.3, 0.4) is 0 Å². The number of furan rings is 1. The summed E-state index contributed by atoms with van der Waals surface area (Å²) in [7, 11) is 0. The van der Waals surface area contributed by atoms with E-state index >= 15 is 0 Å². The van der Waals surface area contributed by atoms with Crippen molar-refractivity contribution in [3.05, 3.63) is 98.9 Å². The lowest BCUT2D eigenvalue weighted by Crippen LogP contribution is -2.15. The summed E-state index contributed by atoms with van der Waals surface area (Å²) in [4.78, 5) is 17.1. The summed E-state index contributed by atoms with van der Waals surface area (Å²) in [6, 6.07) is 17.3. The zero-order valence-corrected chi connectivity index (χ0v) is 19.5. The van der Waals surface area contributed by atoms with Crippen molar-refractivity contribution < 1.29 is 4.42 Å². The molecule has 0 radical (unpaired) electrons. The highest BCUT2D eigenvalue weighted by Gasteiger charge is 2.18. The molecule has 5 rings (SSSR count). The maximum atomic E-state index is 12.5. The average Bonchev–Trinajstić information content (AvgIpc) is 3.39. The van der Waals surface area contributed by atoms with Gasteiger partial charge in [0.1, 0.15) is 11.4 Å². The Bertz CT molecular complexity index is 1460. The third-order valence-corrected chi connectivity index (χ3v) is 6.50. The highest BCUT2D eigenvalue weighted by molar-refractivity contribution is 9.10. The van der Waals surface area contributed by atoms with Crippen LogP contribution in [0.4, 0.5) is 0 Å². The van der Waals surface area contributed by atoms with Gasteiger partial charge in [0.15, 0.2) is 11.0 Å². The van der Waals surface area contributed by atoms with Crippen molar-refractivity contribution in [3.63, 3.8) is 0 Å². The second-order valence-electron chi connectivity index (χ2n) is 7.22. The second-order valence-corrected chi connectivity index (χ2v) is 9.08. The van der Waals surface area contributed by atoms with E-state index in [1.54, 1.807) is 18.5 Å². The fourth-order valence-electron chi connectivity index (χ4n) is 3.46. The number of hydrogen-bond donors (Lipinski definition) is 0. The van der Waals surface area contributed by atoms with Crippen molar-refractivity contribution in [3.8, 4) is 11.4 Å². The topological polar surface area (TPSA) is 78.2 Å². The van der Waals surface area contributed by atoms with Crippen LogP contribution >= 0.6 is 27.7 Å². The molecule has 4 heterocycles. The highest BCUT2D eigenvalue weighted by atomic mass is 79.9. The molecule has 0 saturated heterocycles. The molecule has 0 unspecified atom stereocenters. The fourth-order valence-corrected chi connectivity index (χ4v) is 4.63. The zero-order chi connectivity index (χ0) is 22.1. The molecule has 0 bridgehead atoms. The molecule has 0 aliphatic heterocycles. The average molecular weight is 508 g/mol. The first-order valence-electron chi connectivity index (χ1n) is 9.91. The third-order valence-electron chi connectivity index (χ3n) is 5.03. The standard InChI is InChI=1S/C23H18BrN5O2S/c1-15-19(9-10-31-15)22-26-27-23(29(22)12-16-5-3-2-4-6-16)32-14-18-11-21(30)28-13-17(24)7-8-20(28)25-18/h2-11,13H,12,14H2,1H3. The van der Waals surface area contributed by atoms with Gasteiger partial charge in [0, 0.05) is 22.5 Å². The molecular formula is C23H18BrN5O2S. The maximum absolute atomic E-state index is 12.5. The van der Waals surface area contributed by atoms with Crippen molar-refractivity contribution >= 4 is 33.3 Å². The molecule has 0 N–H and O–H groups in total. The molecule has 5 aromatic rings. The smallest absolute Gasteiger partial charge is 0.258 e. The molecule has 0 aliphatic carbocycles. The Labute approximate surface area is 196 Å². The first-order valence-corrected chi connectivity index (χ1v) is 11.7. The predicted octanol–water partition coefficient (Wildman–Crippen LogP) is 4.96. The van der Waals surface area contributed by atoms with Gasteiger partial charge in [-0.1, -0.05) is 42.1 Å². The Morgan fingerprint density at radius 3 is 2.72 bits per heavy atom. The quantitative estimate of drug-likeness (QED) is 0.302. The van der Waals surface area contributed by atoms with Crippen molar-refractivity contribution in [2.45, 2.75) is 24.4 Å². The van der Waals surface area contributed by atoms with Gasteiger partial charge in [-0.3, -0.25) is 13.8 Å². The van der Waals surface area contributed by atoms with Gasteiger partial charge in [0.25, 0.3) is 5.56 Å². The zero-order valence-electron chi connectivity index (χ0n) is 17.1. The number of aromatic nitrogens is 5. The number of fused-ring (bicyclic) bond motifs is 1. The summed E-state index contributed by atoms with van der Waals surface area (Å²) in [5.41, 5.74) is 3.24. The number of benzene rings is 1. The number of nitrogens with zero attached hydrogens (tertiary/aromatic N) is 5. The SMILES string of the molecule is Cc1occc1-c1nnc(SCc2cc(=O)n3cc(Br)ccc3n2)n1Cc1ccccc1. The molecule has 1 aromatic carbocycles. The largest absolute Gasteiger partial charge is 0.469 e. The molecular weight excluding hydrogens is 490 g/mol. The molecule has 32 heavy (non-hydrogen) atoms. The van der Waals surface area contributed by atoms with Gasteiger partial charge < -0.3 is 4.42 Å². The number of rotatable bonds is 6. The Kier molecular flexibility index (Phi) is 5.67. The van der Waals surface area contributed by atoms with Crippen molar-refractivity contribution in [1.82, 2.24) is 24.1 Å². The molecule has 0 fully saturated rings. The highest BCUT2D eigenvalue weighted by Crippen LogP contribution is 2.29. The number of halogens is 1. The van der Waals surface area contributed by atoms with Gasteiger partial charge in [-0.15, -0.1) is 10.2 Å². The van der Waals surface area contributed by atoms with Gasteiger partial charge >= 0.3 is 0 Å². The molecule has 0 aliphatic rings. The van der Waals surface area contributed by atoms with Crippen LogP contribution in [0.1, 0.15) is 17.0 Å². The van der Waals surface area contributed by atoms with E-state index in [0.29, 0.717) is 23.6 Å². The van der Waals surface area contributed by atoms with Crippen LogP contribution < -0.4 is 5.56 Å². The number of aryl methyl sites for hydroxylation is 1. The van der Waals surface area contributed by atoms with Gasteiger partial charge in [-0.2, -0.15) is 0 Å². The number of hydrogen-bond acceptors (Lipinski definition) is 6. The fraction of sp³-hybridized carbons (Fsp3) is 0.130. The van der Waals surface area contributed by atoms with E-state index in [1.807, 2.05) is 43.3 Å². The molecule has 0 atom stereocenters. The van der Waals surface area contributed by atoms with E-state index in [4.69, 9.17) is 4.42 Å². The molecule has 0 amide bonds. The minimum atomic E-state index is -0.118. The van der Waals surface area contributed by atoms with Crippen LogP contribution in [0.15, 0.2) is 85.9 Å². The summed E-state index contributed by atoms with van der Waals surface area (Å²) in [5.74, 6) is 2.04. The molecule has 0 spiro atoms. The molecule has 4 aromatic heterocycles. The van der Waals surface area contributed by atoms with E-state index in [-0.39, 0.29) is 5.56 Å². The normalized spacial score (nSPS) is 11.3. The van der Waals surface area contributed by atoms with Crippen molar-refractivity contribution in [2.75, 3.05) is 0 Å². The van der Waals surface area contributed by atoms with Crippen LogP contribution in [-0.4, -0.2) is 24.1 Å². The summed E-state index contributed by atoms with van der Waals surface area (Å²) in [6.45, 7) is 2.53. The lowest BCUT2D eigenvalue weighted by Gasteiger charge is -2.10. The van der Waals surface area contributed by atoms with Gasteiger partial charge in [0.05, 0.1) is 24.1 Å². The van der Waals surface area contributed by atoms with Crippen LogP contribution in [0, 0.1) is 6.92 Å². The van der Waals surface area contributed by atoms with E-state index in [2.05, 4.69) is 47.8 Å². The molecule has 7 nitrogen and oxygen atoms in total. The number of pyridine rings is 1. The van der Waals surface area contributed by atoms with Crippen molar-refractivity contribution in [2.24, 2.45) is 0 Å². The molecule has 9 heteroatoms. The lowest BCUT2D eigenvalue weighted by molar-refractivity contribution is 0.534. The van der Waals surface area contributed by atoms with Crippen LogP contribution in [0.5, 0.6) is 0 Å². The van der Waals surface area contributed by atoms with Gasteiger partial charge in [0.2, 0.25) is 0 Å². The van der Waals surface area contributed by atoms with Crippen LogP contribution in [-0.2, 0) is 12.3 Å². The minimum absolute atomic E-state index is 0.118. The number of thioether (sulfide) groups is 1. The van der Waals surface area contributed by atoms with E-state index < -0.39 is 0 Å². The van der Waals surface area contributed by atoms with E-state index in [0.717, 1.165) is 32.3 Å². The van der Waals surface area contributed by atoms with Gasteiger partial charge in [-0.05, 0) is 46.6 Å². The van der Waals surface area contributed by atoms with Crippen LogP contribution in [0.25, 0.3) is 17.0 Å². The molecule has 0 saturated carbocycles. The van der Waals surface area contributed by atoms with Gasteiger partial charge in [-0.25, -0.2) is 4.98 Å². The van der Waals surface area contributed by atoms with Crippen molar-refractivity contribution in [1.29, 1.82) is 0 Å². The second kappa shape index (κ2) is 8.76. The predicted molar refractivity (Wildman–Crippen MR) is 127 cm³/mol. The Morgan fingerprint density at radius 2 is 1.94 bits per heavy atom. The Morgan fingerprint density at radius 1 is 1.09 bits per heavy atom. The summed E-state index contributed by atoms with van der Waals surface area (Å²) in [6.07, 6.45) is 3.38. The first kappa shape index (κ1) is 20.7. The monoisotopic (exact) mass is 507 g/mol. The summed E-state index contributed by atoms with van der Waals surface area (Å²) >= 11 is 4.89.